The standard InChI is InChI=1S/C20H32N4O4S/c1-21-20(22-13-16-7-12-29(25,26)15-16)23-14-19(24-8-10-28-11-9-24)17-3-5-18(27-2)6-4-17/h3-6,16,19H,7-15H2,1-2H3,(H2,21,22,23). The van der Waals surface area contributed by atoms with Crippen molar-refractivity contribution in [3.05, 3.63) is 29.8 Å². The zero-order valence-corrected chi connectivity index (χ0v) is 18.1. The lowest BCUT2D eigenvalue weighted by Gasteiger charge is -2.35. The number of nitrogens with zero attached hydrogens (tertiary/aromatic N) is 2. The first-order chi connectivity index (χ1) is 14.0. The van der Waals surface area contributed by atoms with Crippen LogP contribution in [-0.4, -0.2) is 84.3 Å². The van der Waals surface area contributed by atoms with Crippen LogP contribution in [0.2, 0.25) is 0 Å². The summed E-state index contributed by atoms with van der Waals surface area (Å²) >= 11 is 0. The van der Waals surface area contributed by atoms with Crippen LogP contribution in [0.4, 0.5) is 0 Å². The number of hydrogen-bond acceptors (Lipinski definition) is 6. The van der Waals surface area contributed by atoms with E-state index >= 15 is 0 Å². The second kappa shape index (κ2) is 10.3. The van der Waals surface area contributed by atoms with Gasteiger partial charge in [-0.05, 0) is 30.0 Å². The summed E-state index contributed by atoms with van der Waals surface area (Å²) in [7, 11) is 0.541. The minimum absolute atomic E-state index is 0.148. The van der Waals surface area contributed by atoms with Gasteiger partial charge in [-0.3, -0.25) is 9.89 Å². The largest absolute Gasteiger partial charge is 0.497 e. The van der Waals surface area contributed by atoms with Gasteiger partial charge in [0.1, 0.15) is 5.75 Å². The molecule has 1 aromatic rings. The maximum atomic E-state index is 11.6. The fourth-order valence-electron chi connectivity index (χ4n) is 3.86. The van der Waals surface area contributed by atoms with Crippen molar-refractivity contribution in [2.24, 2.45) is 10.9 Å². The van der Waals surface area contributed by atoms with Crippen molar-refractivity contribution in [2.75, 3.05) is 65.1 Å². The fraction of sp³-hybridized carbons (Fsp3) is 0.650. The zero-order valence-electron chi connectivity index (χ0n) is 17.3. The molecule has 2 aliphatic rings. The molecule has 0 spiro atoms. The van der Waals surface area contributed by atoms with Crippen molar-refractivity contribution >= 4 is 15.8 Å². The van der Waals surface area contributed by atoms with Gasteiger partial charge >= 0.3 is 0 Å². The van der Waals surface area contributed by atoms with Crippen LogP contribution in [0, 0.1) is 5.92 Å². The molecule has 8 nitrogen and oxygen atoms in total. The van der Waals surface area contributed by atoms with Gasteiger partial charge in [0.15, 0.2) is 15.8 Å². The van der Waals surface area contributed by atoms with Crippen LogP contribution in [0.3, 0.4) is 0 Å². The smallest absolute Gasteiger partial charge is 0.191 e. The molecule has 0 amide bonds. The van der Waals surface area contributed by atoms with Crippen LogP contribution < -0.4 is 15.4 Å². The Labute approximate surface area is 173 Å². The van der Waals surface area contributed by atoms with Gasteiger partial charge in [0, 0.05) is 33.2 Å². The number of ether oxygens (including phenoxy) is 2. The Morgan fingerprint density at radius 3 is 2.59 bits per heavy atom. The van der Waals surface area contributed by atoms with Gasteiger partial charge in [0.25, 0.3) is 0 Å². The number of nitrogens with one attached hydrogen (secondary N) is 2. The average Bonchev–Trinajstić information content (AvgIpc) is 3.10. The molecule has 9 heteroatoms. The van der Waals surface area contributed by atoms with Crippen LogP contribution in [0.1, 0.15) is 18.0 Å². The van der Waals surface area contributed by atoms with E-state index in [-0.39, 0.29) is 17.7 Å². The molecule has 0 aliphatic carbocycles. The number of aliphatic imine (C=N–C) groups is 1. The summed E-state index contributed by atoms with van der Waals surface area (Å²) in [5.74, 6) is 2.24. The number of rotatable bonds is 7. The van der Waals surface area contributed by atoms with Crippen LogP contribution in [-0.2, 0) is 14.6 Å². The Bertz CT molecular complexity index is 776. The van der Waals surface area contributed by atoms with E-state index in [0.29, 0.717) is 31.2 Å². The number of methoxy groups -OCH3 is 1. The number of morpholine rings is 1. The van der Waals surface area contributed by atoms with Gasteiger partial charge in [0.05, 0.1) is 37.9 Å². The summed E-state index contributed by atoms with van der Waals surface area (Å²) in [5, 5.41) is 6.70. The van der Waals surface area contributed by atoms with E-state index < -0.39 is 9.84 Å². The molecule has 2 N–H and O–H groups in total. The van der Waals surface area contributed by atoms with Gasteiger partial charge in [-0.15, -0.1) is 0 Å². The van der Waals surface area contributed by atoms with Gasteiger partial charge in [-0.2, -0.15) is 0 Å². The Kier molecular flexibility index (Phi) is 7.74. The highest BCUT2D eigenvalue weighted by atomic mass is 32.2. The Morgan fingerprint density at radius 2 is 2.00 bits per heavy atom. The van der Waals surface area contributed by atoms with Gasteiger partial charge in [-0.1, -0.05) is 12.1 Å². The molecule has 0 aromatic heterocycles. The molecule has 0 radical (unpaired) electrons. The van der Waals surface area contributed by atoms with E-state index in [1.165, 1.54) is 5.56 Å². The summed E-state index contributed by atoms with van der Waals surface area (Å²) in [6.45, 7) is 4.53. The molecule has 162 valence electrons. The third-order valence-corrected chi connectivity index (χ3v) is 7.40. The summed E-state index contributed by atoms with van der Waals surface area (Å²) in [5.41, 5.74) is 1.21. The van der Waals surface area contributed by atoms with Crippen LogP contribution in [0.25, 0.3) is 0 Å². The van der Waals surface area contributed by atoms with Crippen LogP contribution in [0.15, 0.2) is 29.3 Å². The van der Waals surface area contributed by atoms with Crippen molar-refractivity contribution in [3.63, 3.8) is 0 Å². The number of guanidine groups is 1. The quantitative estimate of drug-likeness (QED) is 0.491. The molecule has 2 aliphatic heterocycles. The summed E-state index contributed by atoms with van der Waals surface area (Å²) in [4.78, 5) is 6.72. The molecular formula is C20H32N4O4S. The van der Waals surface area contributed by atoms with E-state index in [1.807, 2.05) is 12.1 Å². The molecule has 0 saturated carbocycles. The molecule has 3 rings (SSSR count). The van der Waals surface area contributed by atoms with Crippen LogP contribution in [0.5, 0.6) is 5.75 Å². The Morgan fingerprint density at radius 1 is 1.28 bits per heavy atom. The first kappa shape index (κ1) is 21.9. The lowest BCUT2D eigenvalue weighted by atomic mass is 10.0. The molecule has 0 bridgehead atoms. The van der Waals surface area contributed by atoms with Gasteiger partial charge < -0.3 is 20.1 Å². The first-order valence-corrected chi connectivity index (χ1v) is 11.9. The SMILES string of the molecule is CN=C(NCC1CCS(=O)(=O)C1)NCC(c1ccc(OC)cc1)N1CCOCC1. The third kappa shape index (κ3) is 6.32. The highest BCUT2D eigenvalue weighted by Gasteiger charge is 2.28. The highest BCUT2D eigenvalue weighted by molar-refractivity contribution is 7.91. The molecule has 2 heterocycles. The van der Waals surface area contributed by atoms with Crippen molar-refractivity contribution in [2.45, 2.75) is 12.5 Å². The van der Waals surface area contributed by atoms with Gasteiger partial charge in [-0.25, -0.2) is 8.42 Å². The number of hydrogen-bond donors (Lipinski definition) is 2. The van der Waals surface area contributed by atoms with Crippen molar-refractivity contribution in [1.29, 1.82) is 0 Å². The van der Waals surface area contributed by atoms with Gasteiger partial charge in [0.2, 0.25) is 0 Å². The van der Waals surface area contributed by atoms with Crippen LogP contribution >= 0.6 is 0 Å². The second-order valence-electron chi connectivity index (χ2n) is 7.54. The van der Waals surface area contributed by atoms with E-state index in [2.05, 4.69) is 32.7 Å². The summed E-state index contributed by atoms with van der Waals surface area (Å²) < 4.78 is 34.1. The molecule has 2 saturated heterocycles. The summed E-state index contributed by atoms with van der Waals surface area (Å²) in [6.07, 6.45) is 0.717. The van der Waals surface area contributed by atoms with E-state index in [0.717, 1.165) is 32.1 Å². The predicted octanol–water partition coefficient (Wildman–Crippen LogP) is 0.668. The number of benzene rings is 1. The minimum Gasteiger partial charge on any atom is -0.497 e. The summed E-state index contributed by atoms with van der Waals surface area (Å²) in [6, 6.07) is 8.34. The predicted molar refractivity (Wildman–Crippen MR) is 114 cm³/mol. The lowest BCUT2D eigenvalue weighted by molar-refractivity contribution is 0.0170. The molecule has 29 heavy (non-hydrogen) atoms. The number of sulfone groups is 1. The van der Waals surface area contributed by atoms with Crippen molar-refractivity contribution in [1.82, 2.24) is 15.5 Å². The monoisotopic (exact) mass is 424 g/mol. The lowest BCUT2D eigenvalue weighted by Crippen LogP contribution is -2.47. The molecule has 2 fully saturated rings. The highest BCUT2D eigenvalue weighted by Crippen LogP contribution is 2.23. The normalized spacial score (nSPS) is 23.5. The zero-order chi connectivity index (χ0) is 20.7. The van der Waals surface area contributed by atoms with Crippen molar-refractivity contribution < 1.29 is 17.9 Å². The second-order valence-corrected chi connectivity index (χ2v) is 9.77. The van der Waals surface area contributed by atoms with Crippen molar-refractivity contribution in [3.8, 4) is 5.75 Å². The van der Waals surface area contributed by atoms with E-state index in [1.54, 1.807) is 14.2 Å². The Balaban J connectivity index is 1.60. The maximum Gasteiger partial charge on any atom is 0.191 e. The Hall–Kier alpha value is -1.84. The maximum absolute atomic E-state index is 11.6. The van der Waals surface area contributed by atoms with E-state index in [9.17, 15) is 8.42 Å². The topological polar surface area (TPSA) is 92.3 Å². The average molecular weight is 425 g/mol. The fourth-order valence-corrected chi connectivity index (χ4v) is 5.72. The minimum atomic E-state index is -2.86. The third-order valence-electron chi connectivity index (χ3n) is 5.56. The van der Waals surface area contributed by atoms with E-state index in [4.69, 9.17) is 9.47 Å². The molecule has 2 atom stereocenters. The molecule has 1 aromatic carbocycles. The first-order valence-electron chi connectivity index (χ1n) is 10.1. The molecular weight excluding hydrogens is 392 g/mol. The molecule has 2 unspecified atom stereocenters.